The summed E-state index contributed by atoms with van der Waals surface area (Å²) in [7, 11) is 0. The molecule has 0 amide bonds. The molecule has 0 unspecified atom stereocenters. The standard InChI is InChI=1S/C48H30N4/c1-3-14-31(15-4-1)34-19-13-20-35(30-34)51-41-25-12-10-23-38(41)44-42(51)28-29-43-45(44)39-27-26-32-16-7-8-21-36(32)47(39)52(43)48-49-40-24-11-9-22-37(40)46(50-48)33-17-5-2-6-18-33/h1-30H. The van der Waals surface area contributed by atoms with E-state index in [0.717, 1.165) is 44.4 Å². The zero-order chi connectivity index (χ0) is 34.2. The van der Waals surface area contributed by atoms with Gasteiger partial charge in [-0.05, 0) is 52.9 Å². The normalized spacial score (nSPS) is 11.8. The number of rotatable bonds is 4. The maximum atomic E-state index is 5.40. The SMILES string of the molecule is c1ccc(-c2cccc(-n3c4ccccc4c4c5c6ccc7ccccc7c6n(-c6nc(-c7ccccc7)c7ccccc7n6)c5ccc43)c2)cc1. The summed E-state index contributed by atoms with van der Waals surface area (Å²) in [5.74, 6) is 0.660. The molecular formula is C48H30N4. The Kier molecular flexibility index (Phi) is 6.22. The van der Waals surface area contributed by atoms with Gasteiger partial charge in [0.25, 0.3) is 0 Å². The van der Waals surface area contributed by atoms with E-state index in [4.69, 9.17) is 9.97 Å². The van der Waals surface area contributed by atoms with E-state index >= 15 is 0 Å². The first-order chi connectivity index (χ1) is 25.8. The van der Waals surface area contributed by atoms with Gasteiger partial charge in [0.2, 0.25) is 5.95 Å². The third kappa shape index (κ3) is 4.21. The van der Waals surface area contributed by atoms with Gasteiger partial charge in [-0.2, -0.15) is 0 Å². The lowest BCUT2D eigenvalue weighted by Gasteiger charge is -2.13. The van der Waals surface area contributed by atoms with E-state index in [1.807, 2.05) is 6.07 Å². The van der Waals surface area contributed by atoms with Crippen LogP contribution >= 0.6 is 0 Å². The molecule has 3 heterocycles. The summed E-state index contributed by atoms with van der Waals surface area (Å²) in [6, 6.07) is 64.8. The highest BCUT2D eigenvalue weighted by molar-refractivity contribution is 6.31. The number of nitrogens with zero attached hydrogens (tertiary/aromatic N) is 4. The van der Waals surface area contributed by atoms with Crippen molar-refractivity contribution in [1.82, 2.24) is 19.1 Å². The predicted octanol–water partition coefficient (Wildman–Crippen LogP) is 12.3. The van der Waals surface area contributed by atoms with Gasteiger partial charge in [0, 0.05) is 43.6 Å². The van der Waals surface area contributed by atoms with E-state index in [0.29, 0.717) is 5.95 Å². The van der Waals surface area contributed by atoms with Gasteiger partial charge in [0.15, 0.2) is 0 Å². The van der Waals surface area contributed by atoms with E-state index in [-0.39, 0.29) is 0 Å². The lowest BCUT2D eigenvalue weighted by molar-refractivity contribution is 1.02. The minimum absolute atomic E-state index is 0.660. The Hall–Kier alpha value is -7.04. The molecule has 242 valence electrons. The average molecular weight is 663 g/mol. The van der Waals surface area contributed by atoms with Gasteiger partial charge in [0.1, 0.15) is 0 Å². The van der Waals surface area contributed by atoms with Crippen molar-refractivity contribution < 1.29 is 0 Å². The average Bonchev–Trinajstić information content (AvgIpc) is 3.74. The molecule has 0 fully saturated rings. The lowest BCUT2D eigenvalue weighted by atomic mass is 10.0. The summed E-state index contributed by atoms with van der Waals surface area (Å²) < 4.78 is 4.72. The van der Waals surface area contributed by atoms with E-state index in [1.165, 1.54) is 49.0 Å². The number of aromatic nitrogens is 4. The molecule has 0 saturated heterocycles. The monoisotopic (exact) mass is 662 g/mol. The zero-order valence-corrected chi connectivity index (χ0v) is 28.1. The van der Waals surface area contributed by atoms with Crippen LogP contribution in [0.2, 0.25) is 0 Å². The van der Waals surface area contributed by atoms with E-state index in [9.17, 15) is 0 Å². The van der Waals surface area contributed by atoms with Crippen molar-refractivity contribution in [3.05, 3.63) is 182 Å². The first-order valence-electron chi connectivity index (χ1n) is 17.7. The highest BCUT2D eigenvalue weighted by Gasteiger charge is 2.23. The summed E-state index contributed by atoms with van der Waals surface area (Å²) in [4.78, 5) is 10.7. The second-order valence-corrected chi connectivity index (χ2v) is 13.4. The fourth-order valence-corrected chi connectivity index (χ4v) is 8.25. The number of hydrogen-bond donors (Lipinski definition) is 0. The molecule has 0 radical (unpaired) electrons. The Morgan fingerprint density at radius 1 is 0.365 bits per heavy atom. The summed E-state index contributed by atoms with van der Waals surface area (Å²) >= 11 is 0. The van der Waals surface area contributed by atoms with Gasteiger partial charge in [-0.3, -0.25) is 4.57 Å². The Morgan fingerprint density at radius 3 is 1.83 bits per heavy atom. The molecule has 11 rings (SSSR count). The van der Waals surface area contributed by atoms with Crippen molar-refractivity contribution in [3.8, 4) is 34.0 Å². The fourth-order valence-electron chi connectivity index (χ4n) is 8.25. The van der Waals surface area contributed by atoms with Crippen LogP contribution in [0.1, 0.15) is 0 Å². The third-order valence-electron chi connectivity index (χ3n) is 10.5. The first kappa shape index (κ1) is 28.8. The lowest BCUT2D eigenvalue weighted by Crippen LogP contribution is -2.03. The molecule has 3 aromatic heterocycles. The van der Waals surface area contributed by atoms with Crippen LogP contribution in [-0.2, 0) is 0 Å². The number of hydrogen-bond acceptors (Lipinski definition) is 2. The fraction of sp³-hybridized carbons (Fsp3) is 0. The Bertz CT molecular complexity index is 3170. The smallest absolute Gasteiger partial charge is 0.235 e. The van der Waals surface area contributed by atoms with Gasteiger partial charge < -0.3 is 4.57 Å². The molecule has 0 atom stereocenters. The molecule has 0 spiro atoms. The van der Waals surface area contributed by atoms with Crippen LogP contribution in [-0.4, -0.2) is 19.1 Å². The van der Waals surface area contributed by atoms with Crippen molar-refractivity contribution in [2.45, 2.75) is 0 Å². The maximum Gasteiger partial charge on any atom is 0.235 e. The Labute approximate surface area is 299 Å². The molecule has 8 aromatic carbocycles. The topological polar surface area (TPSA) is 35.6 Å². The third-order valence-corrected chi connectivity index (χ3v) is 10.5. The molecule has 4 heteroatoms. The molecule has 0 bridgehead atoms. The minimum Gasteiger partial charge on any atom is -0.309 e. The van der Waals surface area contributed by atoms with Crippen LogP contribution in [0.4, 0.5) is 0 Å². The maximum absolute atomic E-state index is 5.40. The van der Waals surface area contributed by atoms with Gasteiger partial charge in [0.05, 0.1) is 33.3 Å². The predicted molar refractivity (Wildman–Crippen MR) is 217 cm³/mol. The van der Waals surface area contributed by atoms with Crippen molar-refractivity contribution in [2.75, 3.05) is 0 Å². The van der Waals surface area contributed by atoms with Crippen LogP contribution in [0.25, 0.3) is 99.3 Å². The van der Waals surface area contributed by atoms with E-state index < -0.39 is 0 Å². The Balaban J connectivity index is 1.28. The molecule has 0 N–H and O–H groups in total. The van der Waals surface area contributed by atoms with E-state index in [2.05, 4.69) is 185 Å². The van der Waals surface area contributed by atoms with Gasteiger partial charge in [-0.25, -0.2) is 9.97 Å². The molecule has 0 saturated carbocycles. The van der Waals surface area contributed by atoms with Crippen LogP contribution in [0.3, 0.4) is 0 Å². The second-order valence-electron chi connectivity index (χ2n) is 13.4. The molecule has 0 aliphatic heterocycles. The van der Waals surface area contributed by atoms with Crippen LogP contribution in [0.15, 0.2) is 182 Å². The van der Waals surface area contributed by atoms with Gasteiger partial charge in [-0.15, -0.1) is 0 Å². The van der Waals surface area contributed by atoms with Crippen molar-refractivity contribution >= 4 is 65.3 Å². The highest BCUT2D eigenvalue weighted by atomic mass is 15.2. The summed E-state index contributed by atoms with van der Waals surface area (Å²) in [5, 5.41) is 8.20. The molecular weight excluding hydrogens is 633 g/mol. The van der Waals surface area contributed by atoms with Crippen molar-refractivity contribution in [1.29, 1.82) is 0 Å². The largest absolute Gasteiger partial charge is 0.309 e. The number of benzene rings is 8. The molecule has 52 heavy (non-hydrogen) atoms. The Morgan fingerprint density at radius 2 is 1.00 bits per heavy atom. The molecule has 11 aromatic rings. The summed E-state index contributed by atoms with van der Waals surface area (Å²) in [6.07, 6.45) is 0. The van der Waals surface area contributed by atoms with Crippen molar-refractivity contribution in [2.24, 2.45) is 0 Å². The summed E-state index contributed by atoms with van der Waals surface area (Å²) in [6.45, 7) is 0. The van der Waals surface area contributed by atoms with E-state index in [1.54, 1.807) is 0 Å². The zero-order valence-electron chi connectivity index (χ0n) is 28.1. The highest BCUT2D eigenvalue weighted by Crippen LogP contribution is 2.44. The quantitative estimate of drug-likeness (QED) is 0.188. The van der Waals surface area contributed by atoms with Crippen molar-refractivity contribution in [3.63, 3.8) is 0 Å². The number of para-hydroxylation sites is 2. The molecule has 4 nitrogen and oxygen atoms in total. The van der Waals surface area contributed by atoms with Gasteiger partial charge in [-0.1, -0.05) is 146 Å². The van der Waals surface area contributed by atoms with Crippen LogP contribution < -0.4 is 0 Å². The molecule has 0 aliphatic rings. The summed E-state index contributed by atoms with van der Waals surface area (Å²) in [5.41, 5.74) is 10.9. The van der Waals surface area contributed by atoms with Crippen LogP contribution in [0, 0.1) is 0 Å². The van der Waals surface area contributed by atoms with Gasteiger partial charge >= 0.3 is 0 Å². The molecule has 0 aliphatic carbocycles. The second kappa shape index (κ2) is 11.2. The number of fused-ring (bicyclic) bond motifs is 10. The minimum atomic E-state index is 0.660. The first-order valence-corrected chi connectivity index (χ1v) is 17.7. The van der Waals surface area contributed by atoms with Crippen LogP contribution in [0.5, 0.6) is 0 Å².